The van der Waals surface area contributed by atoms with Crippen molar-refractivity contribution in [2.75, 3.05) is 13.7 Å². The van der Waals surface area contributed by atoms with Crippen LogP contribution in [0.4, 0.5) is 0 Å². The molecular weight excluding hydrogens is 714 g/mol. The number of rotatable bonds is 22. The topological polar surface area (TPSA) is 198 Å². The van der Waals surface area contributed by atoms with Crippen LogP contribution in [0, 0.1) is 17.8 Å². The number of carbonyl (C=O) groups is 5. The number of cyclic esters (lactones) is 2. The molecule has 14 nitrogen and oxygen atoms in total. The van der Waals surface area contributed by atoms with E-state index in [2.05, 4.69) is 24.1 Å². The van der Waals surface area contributed by atoms with Gasteiger partial charge in [0.2, 0.25) is 5.91 Å². The van der Waals surface area contributed by atoms with Crippen molar-refractivity contribution in [1.29, 1.82) is 0 Å². The van der Waals surface area contributed by atoms with Gasteiger partial charge in [-0.25, -0.2) is 14.4 Å². The molecule has 1 aromatic heterocycles. The molecule has 0 spiro atoms. The number of carbonyl (C=O) groups excluding carboxylic acids is 5. The highest BCUT2D eigenvalue weighted by atomic mass is 16.6. The quantitative estimate of drug-likeness (QED) is 0.0522. The fourth-order valence-corrected chi connectivity index (χ4v) is 5.97. The number of ether oxygens (including phenoxy) is 4. The zero-order valence-electron chi connectivity index (χ0n) is 32.0. The normalized spacial score (nSPS) is 16.8. The summed E-state index contributed by atoms with van der Waals surface area (Å²) in [5.41, 5.74) is -2.18. The number of unbranched alkanes of at least 4 members (excludes halogenated alkanes) is 8. The number of hydrogen-bond donors (Lipinski definition) is 2. The summed E-state index contributed by atoms with van der Waals surface area (Å²) in [6.45, 7) is 2.84. The molecule has 0 saturated heterocycles. The molecular formula is C41H53NO13. The third-order valence-electron chi connectivity index (χ3n) is 9.10. The van der Waals surface area contributed by atoms with Crippen molar-refractivity contribution in [3.63, 3.8) is 0 Å². The van der Waals surface area contributed by atoms with E-state index in [1.165, 1.54) is 12.5 Å². The molecule has 1 aliphatic heterocycles. The highest BCUT2D eigenvalue weighted by Crippen LogP contribution is 2.29. The Morgan fingerprint density at radius 1 is 0.927 bits per heavy atom. The van der Waals surface area contributed by atoms with Gasteiger partial charge in [-0.15, -0.1) is 5.92 Å². The Balaban J connectivity index is 1.75. The average molecular weight is 768 g/mol. The van der Waals surface area contributed by atoms with Gasteiger partial charge in [-0.1, -0.05) is 75.7 Å². The summed E-state index contributed by atoms with van der Waals surface area (Å²) in [5.74, 6) is -1.18. The third-order valence-corrected chi connectivity index (χ3v) is 9.10. The van der Waals surface area contributed by atoms with Crippen molar-refractivity contribution < 1.29 is 56.9 Å². The molecule has 14 heteroatoms. The van der Waals surface area contributed by atoms with Gasteiger partial charge in [0.15, 0.2) is 30.3 Å². The minimum atomic E-state index is -2.81. The van der Waals surface area contributed by atoms with E-state index in [4.69, 9.17) is 27.8 Å². The highest BCUT2D eigenvalue weighted by Gasteiger charge is 2.51. The van der Waals surface area contributed by atoms with Gasteiger partial charge in [-0.05, 0) is 50.3 Å². The SMILES string of the molecule is CC#CCOc1ccc(C[C@H](NC(=O)[C@@H](/C=C/CCCCCCC(=O)CCCCCCC)[C@@]2(O)CC(=O)OCc3oc(=O)oc3COC2=O)C(=O)OC)cc1. The number of ketones is 1. The van der Waals surface area contributed by atoms with Crippen molar-refractivity contribution in [3.05, 3.63) is 64.1 Å². The lowest BCUT2D eigenvalue weighted by molar-refractivity contribution is -0.181. The Morgan fingerprint density at radius 3 is 2.20 bits per heavy atom. The van der Waals surface area contributed by atoms with Crippen molar-refractivity contribution in [2.45, 2.75) is 129 Å². The standard InChI is InChI=1S/C41H53NO13/c1-4-6-8-11-14-17-30(43)18-15-12-9-10-13-16-19-32(41(49)26-36(44)52-27-34-35(28-53-39(41)47)55-40(48)54-34)37(45)42-33(38(46)50-3)25-29-20-22-31(23-21-29)51-24-7-5-2/h16,19-23,32-33,49H,4,6,8-15,17-18,24-28H2,1-3H3,(H,42,45)/b19-16+/t32-,33+,41+/m1/s1. The number of methoxy groups -OCH3 is 1. The molecule has 1 aromatic carbocycles. The first-order chi connectivity index (χ1) is 26.5. The summed E-state index contributed by atoms with van der Waals surface area (Å²) in [6, 6.07) is 5.49. The second-order valence-electron chi connectivity index (χ2n) is 13.3. The van der Waals surface area contributed by atoms with Gasteiger partial charge in [0.25, 0.3) is 0 Å². The number of aliphatic hydroxyl groups is 1. The number of nitrogens with one attached hydrogen (secondary N) is 1. The summed E-state index contributed by atoms with van der Waals surface area (Å²) in [5, 5.41) is 14.5. The van der Waals surface area contributed by atoms with Crippen LogP contribution in [0.1, 0.15) is 114 Å². The molecule has 300 valence electrons. The Kier molecular flexibility index (Phi) is 19.0. The van der Waals surface area contributed by atoms with Crippen LogP contribution in [0.3, 0.4) is 0 Å². The van der Waals surface area contributed by atoms with Gasteiger partial charge in [0.05, 0.1) is 19.4 Å². The predicted octanol–water partition coefficient (Wildman–Crippen LogP) is 5.20. The first-order valence-electron chi connectivity index (χ1n) is 18.9. The van der Waals surface area contributed by atoms with E-state index in [1.54, 1.807) is 37.3 Å². The minimum absolute atomic E-state index is 0.0293. The van der Waals surface area contributed by atoms with E-state index in [0.717, 1.165) is 52.1 Å². The molecule has 3 rings (SSSR count). The maximum atomic E-state index is 14.0. The van der Waals surface area contributed by atoms with E-state index in [0.29, 0.717) is 37.0 Å². The van der Waals surface area contributed by atoms with Gasteiger partial charge in [0.1, 0.15) is 24.2 Å². The summed E-state index contributed by atoms with van der Waals surface area (Å²) in [4.78, 5) is 77.3. The molecule has 55 heavy (non-hydrogen) atoms. The number of fused-ring (bicyclic) bond motifs is 1. The maximum Gasteiger partial charge on any atom is 0.519 e. The smallest absolute Gasteiger partial charge is 0.481 e. The Hall–Kier alpha value is -5.16. The Morgan fingerprint density at radius 2 is 1.56 bits per heavy atom. The molecule has 0 aliphatic carbocycles. The monoisotopic (exact) mass is 767 g/mol. The van der Waals surface area contributed by atoms with E-state index in [9.17, 15) is 33.9 Å². The van der Waals surface area contributed by atoms with Crippen molar-refractivity contribution in [1.82, 2.24) is 5.32 Å². The number of benzene rings is 1. The molecule has 0 fully saturated rings. The number of esters is 3. The van der Waals surface area contributed by atoms with Crippen LogP contribution >= 0.6 is 0 Å². The van der Waals surface area contributed by atoms with Gasteiger partial charge >= 0.3 is 23.7 Å². The van der Waals surface area contributed by atoms with Crippen molar-refractivity contribution in [2.24, 2.45) is 5.92 Å². The van der Waals surface area contributed by atoms with Crippen molar-refractivity contribution in [3.8, 4) is 17.6 Å². The van der Waals surface area contributed by atoms with Crippen LogP contribution in [-0.4, -0.2) is 60.1 Å². The molecule has 1 amide bonds. The second-order valence-corrected chi connectivity index (χ2v) is 13.3. The number of hydrogen-bond acceptors (Lipinski definition) is 13. The molecule has 2 heterocycles. The van der Waals surface area contributed by atoms with E-state index in [1.807, 2.05) is 0 Å². The number of allylic oxidation sites excluding steroid dienone is 1. The lowest BCUT2D eigenvalue weighted by Gasteiger charge is -2.32. The molecule has 1 aliphatic rings. The zero-order valence-corrected chi connectivity index (χ0v) is 32.0. The highest BCUT2D eigenvalue weighted by molar-refractivity contribution is 5.95. The second kappa shape index (κ2) is 23.6. The summed E-state index contributed by atoms with van der Waals surface area (Å²) in [6.07, 6.45) is 12.0. The Bertz CT molecular complexity index is 1710. The number of Topliss-reactive ketones (excluding diaryl/α,β-unsaturated/α-hetero) is 1. The largest absolute Gasteiger partial charge is 0.519 e. The molecule has 2 aromatic rings. The van der Waals surface area contributed by atoms with Crippen LogP contribution < -0.4 is 15.9 Å². The summed E-state index contributed by atoms with van der Waals surface area (Å²) >= 11 is 0. The van der Waals surface area contributed by atoms with Gasteiger partial charge in [-0.3, -0.25) is 14.4 Å². The lowest BCUT2D eigenvalue weighted by Crippen LogP contribution is -2.56. The van der Waals surface area contributed by atoms with Crippen LogP contribution in [0.15, 0.2) is 50.0 Å². The molecule has 0 unspecified atom stereocenters. The van der Waals surface area contributed by atoms with Crippen LogP contribution in [0.5, 0.6) is 5.75 Å². The average Bonchev–Trinajstić information content (AvgIpc) is 3.53. The minimum Gasteiger partial charge on any atom is -0.481 e. The summed E-state index contributed by atoms with van der Waals surface area (Å²) < 4.78 is 30.6. The van der Waals surface area contributed by atoms with Crippen molar-refractivity contribution >= 4 is 29.6 Å². The molecule has 0 saturated carbocycles. The van der Waals surface area contributed by atoms with E-state index >= 15 is 0 Å². The summed E-state index contributed by atoms with van der Waals surface area (Å²) in [7, 11) is 1.15. The predicted molar refractivity (Wildman–Crippen MR) is 198 cm³/mol. The maximum absolute atomic E-state index is 14.0. The molecule has 0 bridgehead atoms. The van der Waals surface area contributed by atoms with Crippen LogP contribution in [0.25, 0.3) is 0 Å². The van der Waals surface area contributed by atoms with E-state index < -0.39 is 66.8 Å². The van der Waals surface area contributed by atoms with Gasteiger partial charge < -0.3 is 38.2 Å². The van der Waals surface area contributed by atoms with Crippen LogP contribution in [0.2, 0.25) is 0 Å². The first-order valence-corrected chi connectivity index (χ1v) is 18.9. The lowest BCUT2D eigenvalue weighted by atomic mass is 9.82. The van der Waals surface area contributed by atoms with Gasteiger partial charge in [0, 0.05) is 19.3 Å². The van der Waals surface area contributed by atoms with E-state index in [-0.39, 0.29) is 30.3 Å². The number of amides is 1. The fourth-order valence-electron chi connectivity index (χ4n) is 5.97. The fraction of sp³-hybridized carbons (Fsp3) is 0.561. The van der Waals surface area contributed by atoms with Gasteiger partial charge in [-0.2, -0.15) is 0 Å². The molecule has 0 radical (unpaired) electrons. The van der Waals surface area contributed by atoms with Crippen LogP contribution in [-0.2, 0) is 57.8 Å². The molecule has 2 N–H and O–H groups in total. The Labute approximate surface area is 321 Å². The third kappa shape index (κ3) is 14.9. The molecule has 3 atom stereocenters. The first kappa shape index (κ1) is 44.2. The zero-order chi connectivity index (χ0) is 40.1.